The molecule has 0 bridgehead atoms. The summed E-state index contributed by atoms with van der Waals surface area (Å²) in [5.74, 6) is -0.00719. The number of hydrogen-bond donors (Lipinski definition) is 1. The predicted molar refractivity (Wildman–Crippen MR) is 123 cm³/mol. The van der Waals surface area contributed by atoms with E-state index in [4.69, 9.17) is 9.47 Å². The summed E-state index contributed by atoms with van der Waals surface area (Å²) in [5.41, 5.74) is 2.57. The lowest BCUT2D eigenvalue weighted by atomic mass is 9.77. The molecular formula is C26H33NO4. The molecule has 5 nitrogen and oxygen atoms in total. The van der Waals surface area contributed by atoms with Crippen LogP contribution in [0.3, 0.4) is 0 Å². The van der Waals surface area contributed by atoms with Gasteiger partial charge in [0.05, 0.1) is 18.1 Å². The number of rotatable bonds is 8. The lowest BCUT2D eigenvalue weighted by molar-refractivity contribution is -0.121. The predicted octanol–water partition coefficient (Wildman–Crippen LogP) is 5.80. The Labute approximate surface area is 185 Å². The van der Waals surface area contributed by atoms with Crippen molar-refractivity contribution in [2.24, 2.45) is 0 Å². The molecule has 1 saturated carbocycles. The molecule has 0 saturated heterocycles. The van der Waals surface area contributed by atoms with Crippen LogP contribution in [0.2, 0.25) is 0 Å². The van der Waals surface area contributed by atoms with Crippen LogP contribution < -0.4 is 10.1 Å². The number of esters is 1. The van der Waals surface area contributed by atoms with Crippen LogP contribution in [0, 0.1) is 6.92 Å². The normalized spacial score (nSPS) is 15.9. The first-order valence-corrected chi connectivity index (χ1v) is 11.3. The molecule has 1 aliphatic carbocycles. The summed E-state index contributed by atoms with van der Waals surface area (Å²) in [4.78, 5) is 26.0. The second-order valence-electron chi connectivity index (χ2n) is 8.38. The minimum Gasteiger partial charge on any atom is -0.490 e. The molecule has 3 rings (SSSR count). The van der Waals surface area contributed by atoms with E-state index >= 15 is 0 Å². The molecule has 2 aromatic carbocycles. The van der Waals surface area contributed by atoms with Crippen molar-refractivity contribution in [1.29, 1.82) is 0 Å². The fourth-order valence-corrected chi connectivity index (χ4v) is 4.20. The number of anilines is 1. The van der Waals surface area contributed by atoms with Gasteiger partial charge >= 0.3 is 5.97 Å². The molecule has 1 N–H and O–H groups in total. The van der Waals surface area contributed by atoms with E-state index < -0.39 is 11.4 Å². The Bertz CT molecular complexity index is 931. The Morgan fingerprint density at radius 3 is 2.48 bits per heavy atom. The van der Waals surface area contributed by atoms with Gasteiger partial charge in [0.2, 0.25) is 5.91 Å². The van der Waals surface area contributed by atoms with Crippen molar-refractivity contribution in [2.75, 3.05) is 11.9 Å². The number of hydrogen-bond acceptors (Lipinski definition) is 4. The number of nitrogens with one attached hydrogen (secondary N) is 1. The van der Waals surface area contributed by atoms with E-state index in [1.165, 1.54) is 0 Å². The molecule has 166 valence electrons. The van der Waals surface area contributed by atoms with Crippen molar-refractivity contribution in [1.82, 2.24) is 0 Å². The lowest BCUT2D eigenvalue weighted by Gasteiger charge is -2.29. The zero-order valence-electron chi connectivity index (χ0n) is 19.0. The average molecular weight is 424 g/mol. The van der Waals surface area contributed by atoms with Crippen molar-refractivity contribution >= 4 is 17.6 Å². The number of carbonyl (C=O) groups excluding carboxylic acids is 2. The summed E-state index contributed by atoms with van der Waals surface area (Å²) in [6.45, 7) is 8.07. The van der Waals surface area contributed by atoms with Gasteiger partial charge < -0.3 is 14.8 Å². The molecule has 5 heteroatoms. The molecule has 2 aromatic rings. The Morgan fingerprint density at radius 1 is 1.10 bits per heavy atom. The molecule has 0 spiro atoms. The van der Waals surface area contributed by atoms with Crippen LogP contribution in [-0.4, -0.2) is 24.6 Å². The van der Waals surface area contributed by atoms with E-state index in [-0.39, 0.29) is 18.6 Å². The van der Waals surface area contributed by atoms with E-state index in [2.05, 4.69) is 11.4 Å². The monoisotopic (exact) mass is 423 g/mol. The molecule has 1 amide bonds. The van der Waals surface area contributed by atoms with Gasteiger partial charge in [-0.25, -0.2) is 4.79 Å². The first kappa shape index (κ1) is 22.9. The summed E-state index contributed by atoms with van der Waals surface area (Å²) in [7, 11) is 0. The van der Waals surface area contributed by atoms with E-state index in [1.807, 2.05) is 39.0 Å². The second kappa shape index (κ2) is 9.99. The Hall–Kier alpha value is -2.82. The van der Waals surface area contributed by atoms with Crippen LogP contribution in [0.15, 0.2) is 42.5 Å². The van der Waals surface area contributed by atoms with Crippen molar-refractivity contribution in [2.45, 2.75) is 71.3 Å². The Balaban J connectivity index is 1.90. The van der Waals surface area contributed by atoms with Gasteiger partial charge in [-0.3, -0.25) is 4.79 Å². The van der Waals surface area contributed by atoms with Gasteiger partial charge in [0.15, 0.2) is 0 Å². The van der Waals surface area contributed by atoms with Gasteiger partial charge in [-0.2, -0.15) is 0 Å². The van der Waals surface area contributed by atoms with Gasteiger partial charge in [-0.1, -0.05) is 49.6 Å². The summed E-state index contributed by atoms with van der Waals surface area (Å²) in [6, 6.07) is 13.4. The van der Waals surface area contributed by atoms with Crippen LogP contribution in [0.4, 0.5) is 5.69 Å². The van der Waals surface area contributed by atoms with Crippen molar-refractivity contribution < 1.29 is 19.1 Å². The Morgan fingerprint density at radius 2 is 1.84 bits per heavy atom. The first-order valence-electron chi connectivity index (χ1n) is 11.3. The van der Waals surface area contributed by atoms with E-state index in [9.17, 15) is 9.59 Å². The molecule has 31 heavy (non-hydrogen) atoms. The highest BCUT2D eigenvalue weighted by Crippen LogP contribution is 2.42. The fourth-order valence-electron chi connectivity index (χ4n) is 4.20. The Kier molecular flexibility index (Phi) is 7.37. The van der Waals surface area contributed by atoms with Crippen LogP contribution in [0.5, 0.6) is 5.75 Å². The van der Waals surface area contributed by atoms with Gasteiger partial charge in [0.25, 0.3) is 0 Å². The van der Waals surface area contributed by atoms with E-state index in [0.29, 0.717) is 17.0 Å². The smallest absolute Gasteiger partial charge is 0.341 e. The fraction of sp³-hybridized carbons (Fsp3) is 0.462. The molecule has 0 aromatic heterocycles. The van der Waals surface area contributed by atoms with Crippen molar-refractivity contribution in [3.63, 3.8) is 0 Å². The molecule has 1 aliphatic rings. The average Bonchev–Trinajstić information content (AvgIpc) is 3.26. The number of benzene rings is 2. The second-order valence-corrected chi connectivity index (χ2v) is 8.38. The quantitative estimate of drug-likeness (QED) is 0.545. The van der Waals surface area contributed by atoms with Gasteiger partial charge in [0.1, 0.15) is 11.3 Å². The summed E-state index contributed by atoms with van der Waals surface area (Å²) >= 11 is 0. The topological polar surface area (TPSA) is 64.6 Å². The molecule has 0 unspecified atom stereocenters. The maximum atomic E-state index is 13.5. The van der Waals surface area contributed by atoms with E-state index in [0.717, 1.165) is 43.2 Å². The molecular weight excluding hydrogens is 390 g/mol. The van der Waals surface area contributed by atoms with Crippen LogP contribution in [0.25, 0.3) is 0 Å². The molecule has 0 aliphatic heterocycles. The number of ether oxygens (including phenoxy) is 2. The molecule has 0 heterocycles. The lowest BCUT2D eigenvalue weighted by Crippen LogP contribution is -2.38. The third kappa shape index (κ3) is 5.09. The van der Waals surface area contributed by atoms with E-state index in [1.54, 1.807) is 25.1 Å². The maximum Gasteiger partial charge on any atom is 0.341 e. The number of amides is 1. The van der Waals surface area contributed by atoms with Crippen LogP contribution >= 0.6 is 0 Å². The SMILES string of the molecule is CCOC(=O)c1cc(NC(=O)C2(c3cccc(C)c3)CCCC2)ccc1O[C@H](C)CC. The minimum atomic E-state index is -0.540. The highest BCUT2D eigenvalue weighted by molar-refractivity contribution is 6.01. The van der Waals surface area contributed by atoms with Gasteiger partial charge in [0, 0.05) is 5.69 Å². The molecule has 0 radical (unpaired) electrons. The third-order valence-electron chi connectivity index (χ3n) is 6.10. The summed E-state index contributed by atoms with van der Waals surface area (Å²) < 4.78 is 11.1. The zero-order valence-corrected chi connectivity index (χ0v) is 19.0. The third-order valence-corrected chi connectivity index (χ3v) is 6.10. The largest absolute Gasteiger partial charge is 0.490 e. The molecule has 1 atom stereocenters. The van der Waals surface area contributed by atoms with Crippen LogP contribution in [-0.2, 0) is 14.9 Å². The number of carbonyl (C=O) groups is 2. The standard InChI is InChI=1S/C26H33NO4/c1-5-19(4)31-23-13-12-21(17-22(23)24(28)30-6-2)27-25(29)26(14-7-8-15-26)20-11-9-10-18(3)16-20/h9-13,16-17,19H,5-8,14-15H2,1-4H3,(H,27,29)/t19-/m1/s1. The zero-order chi connectivity index (χ0) is 22.4. The van der Waals surface area contributed by atoms with Crippen LogP contribution in [0.1, 0.15) is 74.4 Å². The summed E-state index contributed by atoms with van der Waals surface area (Å²) in [5, 5.41) is 3.07. The first-order chi connectivity index (χ1) is 14.9. The molecule has 1 fully saturated rings. The van der Waals surface area contributed by atoms with Gasteiger partial charge in [-0.05, 0) is 63.8 Å². The van der Waals surface area contributed by atoms with Crippen molar-refractivity contribution in [3.8, 4) is 5.75 Å². The maximum absolute atomic E-state index is 13.5. The number of aryl methyl sites for hydroxylation is 1. The van der Waals surface area contributed by atoms with Gasteiger partial charge in [-0.15, -0.1) is 0 Å². The van der Waals surface area contributed by atoms with Crippen molar-refractivity contribution in [3.05, 3.63) is 59.2 Å². The highest BCUT2D eigenvalue weighted by Gasteiger charge is 2.42. The minimum absolute atomic E-state index is 0.0268. The highest BCUT2D eigenvalue weighted by atomic mass is 16.5. The summed E-state index contributed by atoms with van der Waals surface area (Å²) in [6.07, 6.45) is 4.48.